The molecule has 0 unspecified atom stereocenters. The molecule has 1 heterocycles. The summed E-state index contributed by atoms with van der Waals surface area (Å²) in [6, 6.07) is 6.48. The molecular weight excluding hydrogens is 212 g/mol. The van der Waals surface area contributed by atoms with Crippen LogP contribution in [-0.4, -0.2) is 26.3 Å². The van der Waals surface area contributed by atoms with E-state index >= 15 is 0 Å². The van der Waals surface area contributed by atoms with Crippen molar-refractivity contribution in [3.8, 4) is 0 Å². The van der Waals surface area contributed by atoms with Crippen molar-refractivity contribution in [2.45, 2.75) is 12.8 Å². The second kappa shape index (κ2) is 4.37. The van der Waals surface area contributed by atoms with Crippen molar-refractivity contribution in [1.82, 2.24) is 0 Å². The van der Waals surface area contributed by atoms with Crippen molar-refractivity contribution in [2.75, 3.05) is 31.2 Å². The highest BCUT2D eigenvalue weighted by Crippen LogP contribution is 2.28. The Morgan fingerprint density at radius 1 is 1.12 bits per heavy atom. The lowest BCUT2D eigenvalue weighted by molar-refractivity contribution is 0.0175. The van der Waals surface area contributed by atoms with Gasteiger partial charge in [0.25, 0.3) is 5.92 Å². The predicted molar refractivity (Wildman–Crippen MR) is 59.0 cm³/mol. The van der Waals surface area contributed by atoms with Gasteiger partial charge in [-0.25, -0.2) is 8.78 Å². The Labute approximate surface area is 93.8 Å². The number of nitrogens with zero attached hydrogens (tertiary/aromatic N) is 1. The first-order valence-corrected chi connectivity index (χ1v) is 5.38. The highest BCUT2D eigenvalue weighted by Gasteiger charge is 2.24. The lowest BCUT2D eigenvalue weighted by Crippen LogP contribution is -2.36. The molecule has 2 rings (SSSR count). The molecule has 0 aliphatic carbocycles. The quantitative estimate of drug-likeness (QED) is 0.770. The lowest BCUT2D eigenvalue weighted by Gasteiger charge is -2.29. The number of ether oxygens (including phenoxy) is 1. The first-order chi connectivity index (χ1) is 7.57. The fourth-order valence-corrected chi connectivity index (χ4v) is 1.79. The van der Waals surface area contributed by atoms with Crippen molar-refractivity contribution < 1.29 is 13.5 Å². The molecule has 1 saturated heterocycles. The fourth-order valence-electron chi connectivity index (χ4n) is 1.79. The van der Waals surface area contributed by atoms with Gasteiger partial charge in [-0.3, -0.25) is 0 Å². The summed E-state index contributed by atoms with van der Waals surface area (Å²) in [5, 5.41) is 0. The number of rotatable bonds is 2. The Hall–Kier alpha value is -1.16. The SMILES string of the molecule is CC(F)(F)c1ccc(N2CCOCC2)cc1. The molecule has 0 atom stereocenters. The molecule has 0 radical (unpaired) electrons. The van der Waals surface area contributed by atoms with Gasteiger partial charge in [-0.1, -0.05) is 12.1 Å². The Morgan fingerprint density at radius 2 is 1.69 bits per heavy atom. The normalized spacial score (nSPS) is 17.6. The van der Waals surface area contributed by atoms with Crippen LogP contribution in [0.5, 0.6) is 0 Å². The molecule has 4 heteroatoms. The van der Waals surface area contributed by atoms with Crippen molar-refractivity contribution in [3.05, 3.63) is 29.8 Å². The van der Waals surface area contributed by atoms with Crippen molar-refractivity contribution in [1.29, 1.82) is 0 Å². The van der Waals surface area contributed by atoms with Crippen molar-refractivity contribution >= 4 is 5.69 Å². The topological polar surface area (TPSA) is 12.5 Å². The van der Waals surface area contributed by atoms with Gasteiger partial charge in [0.1, 0.15) is 0 Å². The molecule has 1 fully saturated rings. The molecule has 88 valence electrons. The summed E-state index contributed by atoms with van der Waals surface area (Å²) in [7, 11) is 0. The van der Waals surface area contributed by atoms with E-state index in [9.17, 15) is 8.78 Å². The zero-order valence-corrected chi connectivity index (χ0v) is 9.25. The first kappa shape index (κ1) is 11.3. The lowest BCUT2D eigenvalue weighted by atomic mass is 10.1. The third-order valence-electron chi connectivity index (χ3n) is 2.75. The van der Waals surface area contributed by atoms with Gasteiger partial charge in [0.2, 0.25) is 0 Å². The molecule has 0 saturated carbocycles. The summed E-state index contributed by atoms with van der Waals surface area (Å²) < 4.78 is 31.2. The summed E-state index contributed by atoms with van der Waals surface area (Å²) in [6.07, 6.45) is 0. The van der Waals surface area contributed by atoms with Crippen molar-refractivity contribution in [2.24, 2.45) is 0 Å². The Morgan fingerprint density at radius 3 is 2.19 bits per heavy atom. The van der Waals surface area contributed by atoms with E-state index in [0.717, 1.165) is 25.7 Å². The molecule has 2 nitrogen and oxygen atoms in total. The van der Waals surface area contributed by atoms with E-state index in [0.29, 0.717) is 13.2 Å². The van der Waals surface area contributed by atoms with Gasteiger partial charge >= 0.3 is 0 Å². The average molecular weight is 227 g/mol. The van der Waals surface area contributed by atoms with Gasteiger partial charge in [0, 0.05) is 31.3 Å². The maximum absolute atomic E-state index is 13.0. The van der Waals surface area contributed by atoms with E-state index in [2.05, 4.69) is 4.90 Å². The minimum Gasteiger partial charge on any atom is -0.378 e. The number of alkyl halides is 2. The number of anilines is 1. The summed E-state index contributed by atoms with van der Waals surface area (Å²) >= 11 is 0. The van der Waals surface area contributed by atoms with Gasteiger partial charge in [0.15, 0.2) is 0 Å². The van der Waals surface area contributed by atoms with Crippen LogP contribution >= 0.6 is 0 Å². The zero-order chi connectivity index (χ0) is 11.6. The average Bonchev–Trinajstić information content (AvgIpc) is 2.29. The van der Waals surface area contributed by atoms with Gasteiger partial charge in [-0.15, -0.1) is 0 Å². The van der Waals surface area contributed by atoms with Gasteiger partial charge in [0.05, 0.1) is 13.2 Å². The second-order valence-electron chi connectivity index (χ2n) is 4.03. The number of hydrogen-bond donors (Lipinski definition) is 0. The number of hydrogen-bond acceptors (Lipinski definition) is 2. The monoisotopic (exact) mass is 227 g/mol. The number of morpholine rings is 1. The van der Waals surface area contributed by atoms with E-state index in [1.165, 1.54) is 12.1 Å². The molecule has 16 heavy (non-hydrogen) atoms. The minimum atomic E-state index is -2.76. The maximum atomic E-state index is 13.0. The molecular formula is C12H15F2NO. The van der Waals surface area contributed by atoms with E-state index in [4.69, 9.17) is 4.74 Å². The Balaban J connectivity index is 2.12. The molecule has 0 aromatic heterocycles. The van der Waals surface area contributed by atoms with E-state index in [-0.39, 0.29) is 5.56 Å². The zero-order valence-electron chi connectivity index (χ0n) is 9.25. The molecule has 1 aliphatic heterocycles. The summed E-state index contributed by atoms with van der Waals surface area (Å²) in [4.78, 5) is 2.14. The molecule has 0 spiro atoms. The van der Waals surface area contributed by atoms with Crippen LogP contribution in [0.25, 0.3) is 0 Å². The van der Waals surface area contributed by atoms with E-state index in [1.54, 1.807) is 12.1 Å². The molecule has 1 aromatic rings. The minimum absolute atomic E-state index is 0.0597. The summed E-state index contributed by atoms with van der Waals surface area (Å²) in [5.74, 6) is -2.76. The van der Waals surface area contributed by atoms with Gasteiger partial charge in [-0.05, 0) is 12.1 Å². The van der Waals surface area contributed by atoms with Crippen LogP contribution < -0.4 is 4.90 Å². The first-order valence-electron chi connectivity index (χ1n) is 5.38. The fraction of sp³-hybridized carbons (Fsp3) is 0.500. The largest absolute Gasteiger partial charge is 0.378 e. The summed E-state index contributed by atoms with van der Waals surface area (Å²) in [5.41, 5.74) is 1.04. The van der Waals surface area contributed by atoms with Crippen LogP contribution in [0, 0.1) is 0 Å². The molecule has 0 bridgehead atoms. The summed E-state index contributed by atoms with van der Waals surface area (Å²) in [6.45, 7) is 3.96. The van der Waals surface area contributed by atoms with Crippen LogP contribution in [0.1, 0.15) is 12.5 Å². The van der Waals surface area contributed by atoms with Crippen molar-refractivity contribution in [3.63, 3.8) is 0 Å². The third-order valence-corrected chi connectivity index (χ3v) is 2.75. The highest BCUT2D eigenvalue weighted by atomic mass is 19.3. The van der Waals surface area contributed by atoms with E-state index < -0.39 is 5.92 Å². The van der Waals surface area contributed by atoms with Gasteiger partial charge in [-0.2, -0.15) is 0 Å². The molecule has 0 N–H and O–H groups in total. The van der Waals surface area contributed by atoms with Crippen LogP contribution in [0.4, 0.5) is 14.5 Å². The van der Waals surface area contributed by atoms with Crippen LogP contribution in [0.3, 0.4) is 0 Å². The Kier molecular flexibility index (Phi) is 3.10. The maximum Gasteiger partial charge on any atom is 0.270 e. The van der Waals surface area contributed by atoms with Crippen LogP contribution in [-0.2, 0) is 10.7 Å². The Bertz CT molecular complexity index is 339. The number of halogens is 2. The second-order valence-corrected chi connectivity index (χ2v) is 4.03. The van der Waals surface area contributed by atoms with Gasteiger partial charge < -0.3 is 9.64 Å². The smallest absolute Gasteiger partial charge is 0.270 e. The van der Waals surface area contributed by atoms with E-state index in [1.807, 2.05) is 0 Å². The highest BCUT2D eigenvalue weighted by molar-refractivity contribution is 5.48. The van der Waals surface area contributed by atoms with Crippen LogP contribution in [0.15, 0.2) is 24.3 Å². The molecule has 1 aromatic carbocycles. The molecule has 1 aliphatic rings. The predicted octanol–water partition coefficient (Wildman–Crippen LogP) is 2.63. The number of benzene rings is 1. The standard InChI is InChI=1S/C12H15F2NO/c1-12(13,14)10-2-4-11(5-3-10)15-6-8-16-9-7-15/h2-5H,6-9H2,1H3. The molecule has 0 amide bonds. The van der Waals surface area contributed by atoms with Crippen LogP contribution in [0.2, 0.25) is 0 Å². The third kappa shape index (κ3) is 2.50.